The van der Waals surface area contributed by atoms with Crippen LogP contribution in [0.5, 0.6) is 23.0 Å². The number of nitrogens with zero attached hydrogens (tertiary/aromatic N) is 3. The molecule has 7 rings (SSSR count). The molecular weight excluding hydrogens is 754 g/mol. The van der Waals surface area contributed by atoms with E-state index < -0.39 is 9.73 Å². The Morgan fingerprint density at radius 1 is 0.679 bits per heavy atom. The van der Waals surface area contributed by atoms with E-state index in [1.165, 1.54) is 6.07 Å². The van der Waals surface area contributed by atoms with Crippen LogP contribution in [0.4, 0.5) is 28.4 Å². The Bertz CT molecular complexity index is 2590. The minimum atomic E-state index is -2.63. The molecule has 0 aliphatic heterocycles. The standard InChI is InChI=1S/C25H25N3O3S.C16H13BrN2O2/c1-16-5-8-25(17(2)11-16)32(4,30)28-18-6-7-23-22(14-18)24(9-10-26-23)27-19-12-20(29)15-21(13-19)31-3;1-21-13-8-11(7-12(20)9-13)19-16-4-5-18-15-3-2-10(17)6-14(15)16/h5-15,29H,1-4H3,(H,26,27);2-9,20H,1H3,(H,18,19). The number of ether oxygens (including phenoxy) is 2. The Morgan fingerprint density at radius 3 is 1.77 bits per heavy atom. The molecule has 5 aromatic carbocycles. The normalized spacial score (nSPS) is 12.0. The number of halogens is 1. The number of phenolic OH excluding ortho intramolecular Hbond substituents is 2. The molecule has 270 valence electrons. The minimum absolute atomic E-state index is 0.0973. The first kappa shape index (κ1) is 36.9. The Labute approximate surface area is 316 Å². The minimum Gasteiger partial charge on any atom is -0.508 e. The molecular formula is C41H38BrN5O5S. The van der Waals surface area contributed by atoms with Crippen molar-refractivity contribution in [3.8, 4) is 23.0 Å². The van der Waals surface area contributed by atoms with Gasteiger partial charge in [0.2, 0.25) is 0 Å². The van der Waals surface area contributed by atoms with Crippen molar-refractivity contribution in [1.82, 2.24) is 9.97 Å². The number of aromatic hydroxyl groups is 2. The molecule has 53 heavy (non-hydrogen) atoms. The van der Waals surface area contributed by atoms with Gasteiger partial charge in [-0.2, -0.15) is 4.36 Å². The highest BCUT2D eigenvalue weighted by Gasteiger charge is 2.12. The fourth-order valence-corrected chi connectivity index (χ4v) is 7.81. The van der Waals surface area contributed by atoms with E-state index in [1.54, 1.807) is 57.1 Å². The fraction of sp³-hybridized carbons (Fsp3) is 0.122. The van der Waals surface area contributed by atoms with Crippen LogP contribution in [0.25, 0.3) is 21.8 Å². The van der Waals surface area contributed by atoms with Crippen molar-refractivity contribution >= 4 is 75.9 Å². The van der Waals surface area contributed by atoms with Crippen molar-refractivity contribution < 1.29 is 23.9 Å². The maximum Gasteiger partial charge on any atom is 0.124 e. The Morgan fingerprint density at radius 2 is 1.23 bits per heavy atom. The number of aromatic nitrogens is 2. The molecule has 1 atom stereocenters. The molecule has 4 N–H and O–H groups in total. The molecule has 2 aromatic heterocycles. The van der Waals surface area contributed by atoms with Gasteiger partial charge in [0.1, 0.15) is 23.0 Å². The van der Waals surface area contributed by atoms with Crippen molar-refractivity contribution in [2.75, 3.05) is 31.1 Å². The van der Waals surface area contributed by atoms with Gasteiger partial charge in [-0.3, -0.25) is 9.97 Å². The maximum absolute atomic E-state index is 13.5. The van der Waals surface area contributed by atoms with E-state index in [2.05, 4.69) is 40.9 Å². The number of phenols is 2. The lowest BCUT2D eigenvalue weighted by Gasteiger charge is -2.12. The van der Waals surface area contributed by atoms with Crippen LogP contribution < -0.4 is 20.1 Å². The van der Waals surface area contributed by atoms with E-state index in [0.29, 0.717) is 22.9 Å². The van der Waals surface area contributed by atoms with Crippen LogP contribution in [0, 0.1) is 13.8 Å². The maximum atomic E-state index is 13.5. The molecule has 0 fully saturated rings. The Kier molecular flexibility index (Phi) is 11.0. The summed E-state index contributed by atoms with van der Waals surface area (Å²) in [6.07, 6.45) is 5.12. The second-order valence-electron chi connectivity index (χ2n) is 12.3. The summed E-state index contributed by atoms with van der Waals surface area (Å²) < 4.78 is 29.5. The molecule has 2 heterocycles. The SMILES string of the molecule is COc1cc(O)cc(Nc2ccnc3ccc(Br)cc23)c1.COc1cc(O)cc(Nc2ccnc3ccc(N=S(C)(=O)c4ccc(C)cc4C)cc23)c1. The third-order valence-electron chi connectivity index (χ3n) is 8.26. The Hall–Kier alpha value is -5.85. The summed E-state index contributed by atoms with van der Waals surface area (Å²) in [6, 6.07) is 31.0. The topological polar surface area (TPSA) is 138 Å². The van der Waals surface area contributed by atoms with E-state index in [4.69, 9.17) is 9.47 Å². The van der Waals surface area contributed by atoms with Gasteiger partial charge in [-0.25, -0.2) is 4.21 Å². The van der Waals surface area contributed by atoms with Crippen molar-refractivity contribution in [1.29, 1.82) is 0 Å². The van der Waals surface area contributed by atoms with Gasteiger partial charge in [0.25, 0.3) is 0 Å². The first-order valence-corrected chi connectivity index (χ1v) is 19.1. The number of rotatable bonds is 8. The van der Waals surface area contributed by atoms with Gasteiger partial charge in [0.05, 0.1) is 45.6 Å². The highest BCUT2D eigenvalue weighted by atomic mass is 79.9. The lowest BCUT2D eigenvalue weighted by molar-refractivity contribution is 0.407. The molecule has 0 amide bonds. The highest BCUT2D eigenvalue weighted by Crippen LogP contribution is 2.34. The molecule has 10 nitrogen and oxygen atoms in total. The van der Waals surface area contributed by atoms with Crippen molar-refractivity contribution in [2.24, 2.45) is 4.36 Å². The number of anilines is 4. The molecule has 0 aliphatic rings. The quantitative estimate of drug-likeness (QED) is 0.118. The van der Waals surface area contributed by atoms with E-state index in [1.807, 2.05) is 86.6 Å². The third kappa shape index (κ3) is 8.97. The van der Waals surface area contributed by atoms with Crippen LogP contribution in [0.15, 0.2) is 129 Å². The number of fused-ring (bicyclic) bond motifs is 2. The molecule has 0 saturated heterocycles. The Balaban J connectivity index is 0.000000198. The number of nitrogens with one attached hydrogen (secondary N) is 2. The first-order chi connectivity index (χ1) is 25.4. The van der Waals surface area contributed by atoms with Gasteiger partial charge < -0.3 is 30.3 Å². The van der Waals surface area contributed by atoms with Crippen LogP contribution in [0.3, 0.4) is 0 Å². The van der Waals surface area contributed by atoms with Crippen molar-refractivity contribution in [2.45, 2.75) is 18.7 Å². The number of pyridine rings is 2. The smallest absolute Gasteiger partial charge is 0.124 e. The van der Waals surface area contributed by atoms with Crippen LogP contribution in [-0.4, -0.2) is 44.9 Å². The van der Waals surface area contributed by atoms with Gasteiger partial charge in [-0.05, 0) is 74.0 Å². The van der Waals surface area contributed by atoms with Crippen LogP contribution in [-0.2, 0) is 9.73 Å². The second kappa shape index (κ2) is 15.8. The molecule has 0 saturated carbocycles. The van der Waals surface area contributed by atoms with Crippen LogP contribution in [0.1, 0.15) is 11.1 Å². The molecule has 0 bridgehead atoms. The van der Waals surface area contributed by atoms with Gasteiger partial charge in [-0.15, -0.1) is 0 Å². The molecule has 1 unspecified atom stereocenters. The molecule has 7 aromatic rings. The molecule has 12 heteroatoms. The monoisotopic (exact) mass is 791 g/mol. The van der Waals surface area contributed by atoms with Crippen LogP contribution in [0.2, 0.25) is 0 Å². The second-order valence-corrected chi connectivity index (χ2v) is 15.5. The summed E-state index contributed by atoms with van der Waals surface area (Å²) in [7, 11) is 0.484. The van der Waals surface area contributed by atoms with Gasteiger partial charge in [0, 0.05) is 93.0 Å². The summed E-state index contributed by atoms with van der Waals surface area (Å²) in [5.41, 5.74) is 7.48. The zero-order chi connectivity index (χ0) is 37.7. The van der Waals surface area contributed by atoms with E-state index in [9.17, 15) is 14.4 Å². The van der Waals surface area contributed by atoms with E-state index >= 15 is 0 Å². The number of hydrogen-bond donors (Lipinski definition) is 4. The van der Waals surface area contributed by atoms with E-state index in [0.717, 1.165) is 59.4 Å². The summed E-state index contributed by atoms with van der Waals surface area (Å²) in [5, 5.41) is 28.1. The predicted octanol–water partition coefficient (Wildman–Crippen LogP) is 10.6. The summed E-state index contributed by atoms with van der Waals surface area (Å²) in [6.45, 7) is 3.97. The lowest BCUT2D eigenvalue weighted by Crippen LogP contribution is -2.00. The lowest BCUT2D eigenvalue weighted by atomic mass is 10.1. The van der Waals surface area contributed by atoms with Gasteiger partial charge >= 0.3 is 0 Å². The van der Waals surface area contributed by atoms with Gasteiger partial charge in [-0.1, -0.05) is 33.6 Å². The average molecular weight is 793 g/mol. The van der Waals surface area contributed by atoms with Gasteiger partial charge in [0.15, 0.2) is 0 Å². The van der Waals surface area contributed by atoms with Crippen LogP contribution >= 0.6 is 15.9 Å². The number of aryl methyl sites for hydroxylation is 2. The van der Waals surface area contributed by atoms with Crippen molar-refractivity contribution in [3.05, 3.63) is 131 Å². The molecule has 0 radical (unpaired) electrons. The summed E-state index contributed by atoms with van der Waals surface area (Å²) >= 11 is 3.47. The largest absolute Gasteiger partial charge is 0.508 e. The zero-order valence-electron chi connectivity index (χ0n) is 29.7. The average Bonchev–Trinajstić information content (AvgIpc) is 3.11. The summed E-state index contributed by atoms with van der Waals surface area (Å²) in [5.74, 6) is 1.38. The number of hydrogen-bond acceptors (Lipinski definition) is 10. The highest BCUT2D eigenvalue weighted by molar-refractivity contribution is 9.10. The number of benzene rings is 5. The summed E-state index contributed by atoms with van der Waals surface area (Å²) in [4.78, 5) is 9.50. The fourth-order valence-electron chi connectivity index (χ4n) is 5.86. The van der Waals surface area contributed by atoms with E-state index in [-0.39, 0.29) is 11.5 Å². The molecule has 0 spiro atoms. The predicted molar refractivity (Wildman–Crippen MR) is 217 cm³/mol. The number of methoxy groups -OCH3 is 2. The molecule has 0 aliphatic carbocycles. The first-order valence-electron chi connectivity index (χ1n) is 16.4. The zero-order valence-corrected chi connectivity index (χ0v) is 32.1. The van der Waals surface area contributed by atoms with Crippen molar-refractivity contribution in [3.63, 3.8) is 0 Å². The third-order valence-corrected chi connectivity index (χ3v) is 10.6.